The monoisotopic (exact) mass is 346 g/mol. The fourth-order valence-electron chi connectivity index (χ4n) is 0.998. The third kappa shape index (κ3) is 5.02. The molecule has 0 aliphatic carbocycles. The van der Waals surface area contributed by atoms with E-state index in [-0.39, 0.29) is 21.1 Å². The van der Waals surface area contributed by atoms with E-state index in [1.165, 1.54) is 13.0 Å². The van der Waals surface area contributed by atoms with E-state index in [0.29, 0.717) is 0 Å². The molecule has 0 saturated carbocycles. The number of carbonyl (C=O) groups excluding carboxylic acids is 1. The zero-order chi connectivity index (χ0) is 14.8. The molecule has 1 unspecified atom stereocenters. The predicted octanol–water partition coefficient (Wildman–Crippen LogP) is 1.88. The normalized spacial score (nSPS) is 12.9. The van der Waals surface area contributed by atoms with Gasteiger partial charge in [0.05, 0.1) is 11.3 Å². The van der Waals surface area contributed by atoms with Crippen molar-refractivity contribution in [2.24, 2.45) is 0 Å². The first-order chi connectivity index (χ1) is 8.60. The van der Waals surface area contributed by atoms with E-state index in [0.717, 1.165) is 6.26 Å². The average Bonchev–Trinajstić information content (AvgIpc) is 2.23. The van der Waals surface area contributed by atoms with Crippen LogP contribution >= 0.6 is 34.8 Å². The molecule has 0 bridgehead atoms. The number of pyridine rings is 1. The Morgan fingerprint density at radius 2 is 1.95 bits per heavy atom. The van der Waals surface area contributed by atoms with E-state index in [1.54, 1.807) is 4.72 Å². The van der Waals surface area contributed by atoms with E-state index in [4.69, 9.17) is 39.5 Å². The topological polar surface area (TPSA) is 85.4 Å². The van der Waals surface area contributed by atoms with Gasteiger partial charge in [0, 0.05) is 0 Å². The Balaban J connectivity index is 2.85. The molecule has 0 radical (unpaired) electrons. The summed E-state index contributed by atoms with van der Waals surface area (Å²) in [5.41, 5.74) is 0. The summed E-state index contributed by atoms with van der Waals surface area (Å²) in [5.74, 6) is -0.973. The Hall–Kier alpha value is -0.760. The molecule has 1 rings (SSSR count). The standard InChI is InChI=1S/C9H9Cl3N2O4S/c1-4(8(15)14-19(2,16)17)18-9-6(11)3-5(10)7(12)13-9/h3-4H,1-2H3,(H,14,15). The summed E-state index contributed by atoms with van der Waals surface area (Å²) in [7, 11) is -3.67. The molecule has 10 heteroatoms. The number of nitrogens with zero attached hydrogens (tertiary/aromatic N) is 1. The van der Waals surface area contributed by atoms with E-state index >= 15 is 0 Å². The minimum atomic E-state index is -3.67. The van der Waals surface area contributed by atoms with Crippen molar-refractivity contribution in [1.82, 2.24) is 9.71 Å². The lowest BCUT2D eigenvalue weighted by atomic mass is 10.4. The number of hydrogen-bond donors (Lipinski definition) is 1. The van der Waals surface area contributed by atoms with Crippen LogP contribution in [0.1, 0.15) is 6.92 Å². The van der Waals surface area contributed by atoms with E-state index < -0.39 is 22.0 Å². The Morgan fingerprint density at radius 3 is 2.47 bits per heavy atom. The molecule has 1 aromatic heterocycles. The number of amides is 1. The van der Waals surface area contributed by atoms with Crippen LogP contribution in [0.3, 0.4) is 0 Å². The second-order valence-electron chi connectivity index (χ2n) is 3.55. The Labute approximate surface area is 125 Å². The van der Waals surface area contributed by atoms with Gasteiger partial charge in [0.25, 0.3) is 5.91 Å². The van der Waals surface area contributed by atoms with Gasteiger partial charge in [-0.3, -0.25) is 9.52 Å². The van der Waals surface area contributed by atoms with Gasteiger partial charge in [-0.15, -0.1) is 0 Å². The van der Waals surface area contributed by atoms with Crippen LogP contribution in [0, 0.1) is 0 Å². The highest BCUT2D eigenvalue weighted by atomic mass is 35.5. The maximum absolute atomic E-state index is 11.5. The van der Waals surface area contributed by atoms with Crippen LogP contribution in [0.25, 0.3) is 0 Å². The lowest BCUT2D eigenvalue weighted by Gasteiger charge is -2.14. The van der Waals surface area contributed by atoms with Gasteiger partial charge in [-0.2, -0.15) is 4.98 Å². The van der Waals surface area contributed by atoms with Crippen molar-refractivity contribution in [1.29, 1.82) is 0 Å². The van der Waals surface area contributed by atoms with Crippen LogP contribution in [0.4, 0.5) is 0 Å². The maximum Gasteiger partial charge on any atom is 0.274 e. The van der Waals surface area contributed by atoms with Crippen molar-refractivity contribution in [2.45, 2.75) is 13.0 Å². The molecule has 19 heavy (non-hydrogen) atoms. The molecule has 106 valence electrons. The minimum absolute atomic E-state index is 0.0446. The van der Waals surface area contributed by atoms with Gasteiger partial charge < -0.3 is 4.74 Å². The number of hydrogen-bond acceptors (Lipinski definition) is 5. The number of carbonyl (C=O) groups is 1. The molecule has 0 aromatic carbocycles. The Kier molecular flexibility index (Phi) is 5.26. The lowest BCUT2D eigenvalue weighted by molar-refractivity contribution is -0.125. The fourth-order valence-corrected chi connectivity index (χ4v) is 2.06. The molecule has 0 spiro atoms. The number of nitrogens with one attached hydrogen (secondary N) is 1. The van der Waals surface area contributed by atoms with Gasteiger partial charge in [0.2, 0.25) is 15.9 Å². The van der Waals surface area contributed by atoms with E-state index in [2.05, 4.69) is 4.98 Å². The number of aromatic nitrogens is 1. The molecule has 1 N–H and O–H groups in total. The Morgan fingerprint density at radius 1 is 1.37 bits per heavy atom. The molecule has 1 atom stereocenters. The summed E-state index contributed by atoms with van der Waals surface area (Å²) in [5, 5.41) is 0.137. The van der Waals surface area contributed by atoms with Gasteiger partial charge in [-0.05, 0) is 13.0 Å². The maximum atomic E-state index is 11.5. The van der Waals surface area contributed by atoms with Crippen LogP contribution < -0.4 is 9.46 Å². The summed E-state index contributed by atoms with van der Waals surface area (Å²) in [4.78, 5) is 15.2. The smallest absolute Gasteiger partial charge is 0.274 e. The van der Waals surface area contributed by atoms with Crippen LogP contribution in [-0.4, -0.2) is 31.7 Å². The van der Waals surface area contributed by atoms with E-state index in [1.807, 2.05) is 0 Å². The van der Waals surface area contributed by atoms with Crippen LogP contribution in [0.15, 0.2) is 6.07 Å². The van der Waals surface area contributed by atoms with Crippen LogP contribution in [0.5, 0.6) is 5.88 Å². The molecule has 1 amide bonds. The molecule has 0 aliphatic rings. The van der Waals surface area contributed by atoms with Gasteiger partial charge in [0.1, 0.15) is 5.02 Å². The molecule has 0 saturated heterocycles. The van der Waals surface area contributed by atoms with Crippen molar-refractivity contribution >= 4 is 50.7 Å². The third-order valence-electron chi connectivity index (χ3n) is 1.80. The second kappa shape index (κ2) is 6.13. The molecule has 1 aromatic rings. The molecular formula is C9H9Cl3N2O4S. The number of ether oxygens (including phenoxy) is 1. The summed E-state index contributed by atoms with van der Waals surface area (Å²) in [6, 6.07) is 1.30. The lowest BCUT2D eigenvalue weighted by Crippen LogP contribution is -2.39. The van der Waals surface area contributed by atoms with Gasteiger partial charge in [0.15, 0.2) is 11.3 Å². The average molecular weight is 348 g/mol. The first kappa shape index (κ1) is 16.3. The highest BCUT2D eigenvalue weighted by Crippen LogP contribution is 2.30. The SMILES string of the molecule is CC(Oc1nc(Cl)c(Cl)cc1Cl)C(=O)NS(C)(=O)=O. The third-order valence-corrected chi connectivity index (χ3v) is 3.31. The van der Waals surface area contributed by atoms with Crippen LogP contribution in [-0.2, 0) is 14.8 Å². The quantitative estimate of drug-likeness (QED) is 0.841. The van der Waals surface area contributed by atoms with E-state index in [9.17, 15) is 13.2 Å². The first-order valence-electron chi connectivity index (χ1n) is 4.80. The first-order valence-corrected chi connectivity index (χ1v) is 7.82. The molecule has 6 nitrogen and oxygen atoms in total. The Bertz CT molecular complexity index is 606. The van der Waals surface area contributed by atoms with Gasteiger partial charge in [-0.1, -0.05) is 34.8 Å². The van der Waals surface area contributed by atoms with Gasteiger partial charge in [-0.25, -0.2) is 8.42 Å². The van der Waals surface area contributed by atoms with Crippen LogP contribution in [0.2, 0.25) is 15.2 Å². The summed E-state index contributed by atoms with van der Waals surface area (Å²) in [6.07, 6.45) is -0.279. The minimum Gasteiger partial charge on any atom is -0.463 e. The largest absolute Gasteiger partial charge is 0.463 e. The van der Waals surface area contributed by atoms with Crippen molar-refractivity contribution in [3.05, 3.63) is 21.3 Å². The zero-order valence-electron chi connectivity index (χ0n) is 9.78. The molecular weight excluding hydrogens is 339 g/mol. The highest BCUT2D eigenvalue weighted by molar-refractivity contribution is 7.89. The number of sulfonamides is 1. The second-order valence-corrected chi connectivity index (χ2v) is 6.47. The van der Waals surface area contributed by atoms with Crippen molar-refractivity contribution in [3.63, 3.8) is 0 Å². The van der Waals surface area contributed by atoms with Crippen molar-refractivity contribution < 1.29 is 17.9 Å². The van der Waals surface area contributed by atoms with Crippen molar-refractivity contribution in [2.75, 3.05) is 6.26 Å². The predicted molar refractivity (Wildman–Crippen MR) is 72.3 cm³/mol. The molecule has 0 fully saturated rings. The van der Waals surface area contributed by atoms with Crippen molar-refractivity contribution in [3.8, 4) is 5.88 Å². The summed E-state index contributed by atoms with van der Waals surface area (Å²) in [6.45, 7) is 1.33. The zero-order valence-corrected chi connectivity index (χ0v) is 12.9. The number of halogens is 3. The fraction of sp³-hybridized carbons (Fsp3) is 0.333. The molecule has 1 heterocycles. The van der Waals surface area contributed by atoms with Gasteiger partial charge >= 0.3 is 0 Å². The molecule has 0 aliphatic heterocycles. The number of rotatable bonds is 4. The summed E-state index contributed by atoms with van der Waals surface area (Å²) >= 11 is 17.2. The summed E-state index contributed by atoms with van der Waals surface area (Å²) < 4.78 is 28.7. The highest BCUT2D eigenvalue weighted by Gasteiger charge is 2.20.